The molecule has 2 rings (SSSR count). The lowest BCUT2D eigenvalue weighted by Gasteiger charge is -2.16. The van der Waals surface area contributed by atoms with Gasteiger partial charge in [-0.15, -0.1) is 0 Å². The molecule has 7 heteroatoms. The standard InChI is InChI=1S/C18H24N2O5/c1-11(2)8-15(18(23)24)20-16(21)10-25-14-5-3-4-13(9-14)19-17(22)12-6-7-12/h3-5,9,11-12,15H,6-8,10H2,1-2H3,(H,19,22)(H,20,21)(H,23,24). The second-order valence-corrected chi connectivity index (χ2v) is 6.67. The lowest BCUT2D eigenvalue weighted by atomic mass is 10.0. The van der Waals surface area contributed by atoms with Gasteiger partial charge < -0.3 is 20.5 Å². The van der Waals surface area contributed by atoms with Crippen molar-refractivity contribution in [3.63, 3.8) is 0 Å². The van der Waals surface area contributed by atoms with Gasteiger partial charge in [-0.2, -0.15) is 0 Å². The van der Waals surface area contributed by atoms with Gasteiger partial charge in [-0.05, 0) is 37.3 Å². The Bertz CT molecular complexity index is 640. The number of rotatable bonds is 9. The van der Waals surface area contributed by atoms with Crippen LogP contribution in [-0.2, 0) is 14.4 Å². The van der Waals surface area contributed by atoms with Crippen molar-refractivity contribution in [2.24, 2.45) is 11.8 Å². The topological polar surface area (TPSA) is 105 Å². The normalized spacial score (nSPS) is 14.7. The molecule has 1 saturated carbocycles. The molecule has 3 N–H and O–H groups in total. The maximum Gasteiger partial charge on any atom is 0.326 e. The van der Waals surface area contributed by atoms with E-state index >= 15 is 0 Å². The number of hydrogen-bond acceptors (Lipinski definition) is 4. The van der Waals surface area contributed by atoms with Crippen molar-refractivity contribution in [2.45, 2.75) is 39.2 Å². The van der Waals surface area contributed by atoms with Crippen molar-refractivity contribution in [1.29, 1.82) is 0 Å². The first-order chi connectivity index (χ1) is 11.8. The lowest BCUT2D eigenvalue weighted by molar-refractivity contribution is -0.142. The highest BCUT2D eigenvalue weighted by Crippen LogP contribution is 2.30. The van der Waals surface area contributed by atoms with Gasteiger partial charge in [0.1, 0.15) is 11.8 Å². The van der Waals surface area contributed by atoms with Gasteiger partial charge >= 0.3 is 5.97 Å². The van der Waals surface area contributed by atoms with Gasteiger partial charge in [-0.3, -0.25) is 9.59 Å². The van der Waals surface area contributed by atoms with Gasteiger partial charge in [0.25, 0.3) is 5.91 Å². The highest BCUT2D eigenvalue weighted by molar-refractivity contribution is 5.94. The number of benzene rings is 1. The summed E-state index contributed by atoms with van der Waals surface area (Å²) in [4.78, 5) is 34.8. The Balaban J connectivity index is 1.84. The molecule has 136 valence electrons. The second-order valence-electron chi connectivity index (χ2n) is 6.67. The molecule has 0 heterocycles. The molecule has 0 aromatic heterocycles. The molecule has 7 nitrogen and oxygen atoms in total. The number of carboxylic acids is 1. The minimum atomic E-state index is -1.06. The smallest absolute Gasteiger partial charge is 0.326 e. The van der Waals surface area contributed by atoms with E-state index in [2.05, 4.69) is 10.6 Å². The number of amides is 2. The quantitative estimate of drug-likeness (QED) is 0.633. The fraction of sp³-hybridized carbons (Fsp3) is 0.500. The van der Waals surface area contributed by atoms with E-state index in [-0.39, 0.29) is 24.3 Å². The van der Waals surface area contributed by atoms with E-state index in [1.807, 2.05) is 13.8 Å². The van der Waals surface area contributed by atoms with E-state index in [4.69, 9.17) is 9.84 Å². The molecule has 0 saturated heterocycles. The van der Waals surface area contributed by atoms with E-state index in [0.29, 0.717) is 17.9 Å². The molecule has 1 aliphatic carbocycles. The van der Waals surface area contributed by atoms with E-state index in [1.54, 1.807) is 24.3 Å². The minimum absolute atomic E-state index is 0.00659. The highest BCUT2D eigenvalue weighted by Gasteiger charge is 2.29. The number of ether oxygens (including phenoxy) is 1. The largest absolute Gasteiger partial charge is 0.484 e. The van der Waals surface area contributed by atoms with Gasteiger partial charge in [-0.25, -0.2) is 4.79 Å². The van der Waals surface area contributed by atoms with Crippen LogP contribution in [0.4, 0.5) is 5.69 Å². The third-order valence-electron chi connectivity index (χ3n) is 3.76. The summed E-state index contributed by atoms with van der Waals surface area (Å²) < 4.78 is 5.40. The average molecular weight is 348 g/mol. The molecule has 2 amide bonds. The number of anilines is 1. The van der Waals surface area contributed by atoms with E-state index in [1.165, 1.54) is 0 Å². The molecule has 1 aromatic carbocycles. The number of hydrogen-bond donors (Lipinski definition) is 3. The lowest BCUT2D eigenvalue weighted by Crippen LogP contribution is -2.43. The van der Waals surface area contributed by atoms with E-state index < -0.39 is 17.9 Å². The number of aliphatic carboxylic acids is 1. The highest BCUT2D eigenvalue weighted by atomic mass is 16.5. The zero-order valence-electron chi connectivity index (χ0n) is 14.5. The van der Waals surface area contributed by atoms with Gasteiger partial charge in [0, 0.05) is 17.7 Å². The Hall–Kier alpha value is -2.57. The van der Waals surface area contributed by atoms with E-state index in [9.17, 15) is 14.4 Å². The van der Waals surface area contributed by atoms with Crippen molar-refractivity contribution >= 4 is 23.5 Å². The van der Waals surface area contributed by atoms with Crippen molar-refractivity contribution in [2.75, 3.05) is 11.9 Å². The summed E-state index contributed by atoms with van der Waals surface area (Å²) in [5, 5.41) is 14.4. The van der Waals surface area contributed by atoms with Crippen molar-refractivity contribution in [1.82, 2.24) is 5.32 Å². The van der Waals surface area contributed by atoms with Crippen LogP contribution < -0.4 is 15.4 Å². The Labute approximate surface area is 146 Å². The number of nitrogens with one attached hydrogen (secondary N) is 2. The first-order valence-corrected chi connectivity index (χ1v) is 8.41. The third kappa shape index (κ3) is 6.45. The van der Waals surface area contributed by atoms with Crippen molar-refractivity contribution in [3.05, 3.63) is 24.3 Å². The molecule has 0 spiro atoms. The molecule has 0 aliphatic heterocycles. The molecule has 0 bridgehead atoms. The fourth-order valence-electron chi connectivity index (χ4n) is 2.33. The van der Waals surface area contributed by atoms with Crippen LogP contribution in [0.1, 0.15) is 33.1 Å². The first-order valence-electron chi connectivity index (χ1n) is 8.41. The van der Waals surface area contributed by atoms with Gasteiger partial charge in [0.15, 0.2) is 6.61 Å². The van der Waals surface area contributed by atoms with Crippen LogP contribution in [-0.4, -0.2) is 35.5 Å². The number of carbonyl (C=O) groups excluding carboxylic acids is 2. The number of carboxylic acid groups (broad SMARTS) is 1. The fourth-order valence-corrected chi connectivity index (χ4v) is 2.33. The Morgan fingerprint density at radius 3 is 2.60 bits per heavy atom. The van der Waals surface area contributed by atoms with Crippen LogP contribution in [0.2, 0.25) is 0 Å². The van der Waals surface area contributed by atoms with Crippen molar-refractivity contribution < 1.29 is 24.2 Å². The summed E-state index contributed by atoms with van der Waals surface area (Å²) in [6.07, 6.45) is 2.19. The van der Waals surface area contributed by atoms with Crippen LogP contribution in [0.25, 0.3) is 0 Å². The summed E-state index contributed by atoms with van der Waals surface area (Å²) >= 11 is 0. The van der Waals surface area contributed by atoms with Crippen molar-refractivity contribution in [3.8, 4) is 5.75 Å². The van der Waals surface area contributed by atoms with Crippen LogP contribution in [0.3, 0.4) is 0 Å². The Kier molecular flexibility index (Phi) is 6.38. The summed E-state index contributed by atoms with van der Waals surface area (Å²) in [5.41, 5.74) is 0.609. The molecule has 1 fully saturated rings. The molecular weight excluding hydrogens is 324 g/mol. The first kappa shape index (κ1) is 18.8. The number of carbonyl (C=O) groups is 3. The Morgan fingerprint density at radius 1 is 1.28 bits per heavy atom. The van der Waals surface area contributed by atoms with E-state index in [0.717, 1.165) is 12.8 Å². The zero-order valence-corrected chi connectivity index (χ0v) is 14.5. The molecule has 1 atom stereocenters. The Morgan fingerprint density at radius 2 is 2.00 bits per heavy atom. The predicted molar refractivity (Wildman–Crippen MR) is 92.3 cm³/mol. The summed E-state index contributed by atoms with van der Waals surface area (Å²) in [6.45, 7) is 3.49. The molecule has 1 aliphatic rings. The van der Waals surface area contributed by atoms with Crippen LogP contribution in [0.5, 0.6) is 5.75 Å². The third-order valence-corrected chi connectivity index (χ3v) is 3.76. The van der Waals surface area contributed by atoms with Gasteiger partial charge in [-0.1, -0.05) is 19.9 Å². The molecular formula is C18H24N2O5. The molecule has 1 aromatic rings. The van der Waals surface area contributed by atoms with Gasteiger partial charge in [0.2, 0.25) is 5.91 Å². The maximum absolute atomic E-state index is 11.9. The molecule has 25 heavy (non-hydrogen) atoms. The second kappa shape index (κ2) is 8.50. The minimum Gasteiger partial charge on any atom is -0.484 e. The maximum atomic E-state index is 11.9. The summed E-state index contributed by atoms with van der Waals surface area (Å²) in [5.74, 6) is -0.891. The molecule has 0 radical (unpaired) electrons. The monoisotopic (exact) mass is 348 g/mol. The van der Waals surface area contributed by atoms with Crippen LogP contribution in [0, 0.1) is 11.8 Å². The average Bonchev–Trinajstić information content (AvgIpc) is 3.37. The molecule has 1 unspecified atom stereocenters. The summed E-state index contributed by atoms with van der Waals surface area (Å²) in [6, 6.07) is 5.84. The van der Waals surface area contributed by atoms with Crippen LogP contribution in [0.15, 0.2) is 24.3 Å². The SMILES string of the molecule is CC(C)CC(NC(=O)COc1cccc(NC(=O)C2CC2)c1)C(=O)O. The van der Waals surface area contributed by atoms with Crippen LogP contribution >= 0.6 is 0 Å². The van der Waals surface area contributed by atoms with Gasteiger partial charge in [0.05, 0.1) is 0 Å². The predicted octanol–water partition coefficient (Wildman–Crippen LogP) is 2.03. The summed E-state index contributed by atoms with van der Waals surface area (Å²) in [7, 11) is 0. The zero-order chi connectivity index (χ0) is 18.4.